The second-order valence-corrected chi connectivity index (χ2v) is 1.40. The van der Waals surface area contributed by atoms with Crippen LogP contribution in [0.4, 0.5) is 13.2 Å². The van der Waals surface area contributed by atoms with E-state index in [0.29, 0.717) is 0 Å². The van der Waals surface area contributed by atoms with E-state index in [9.17, 15) is 13.2 Å². The van der Waals surface area contributed by atoms with Gasteiger partial charge in [-0.25, -0.2) is 0 Å². The van der Waals surface area contributed by atoms with Crippen molar-refractivity contribution in [1.82, 2.24) is 0 Å². The fraction of sp³-hybridized carbons (Fsp3) is 0.143. The zero-order chi connectivity index (χ0) is 7.82. The highest BCUT2D eigenvalue weighted by molar-refractivity contribution is 4.99. The third-order valence-electron chi connectivity index (χ3n) is 0.667. The molecule has 0 atom stereocenters. The van der Waals surface area contributed by atoms with E-state index in [1.807, 2.05) is 36.4 Å². The van der Waals surface area contributed by atoms with Gasteiger partial charge in [-0.1, -0.05) is 36.4 Å². The van der Waals surface area contributed by atoms with E-state index < -0.39 is 6.68 Å². The molecule has 0 N–H and O–H groups in total. The first kappa shape index (κ1) is 9.01. The maximum Gasteiger partial charge on any atom is 0.379 e. The van der Waals surface area contributed by atoms with Crippen LogP contribution in [0.15, 0.2) is 36.4 Å². The highest BCUT2D eigenvalue weighted by Gasteiger charge is 1.86. The van der Waals surface area contributed by atoms with Crippen LogP contribution in [0.1, 0.15) is 0 Å². The SMILES string of the molecule is FC(F)F.c1ccccc1. The normalized spacial score (nSPS) is 8.40. The van der Waals surface area contributed by atoms with Crippen LogP contribution in [0, 0.1) is 0 Å². The molecule has 1 rings (SSSR count). The molecule has 0 bridgehead atoms. The first-order valence-corrected chi connectivity index (χ1v) is 2.65. The minimum absolute atomic E-state index is 2.00. The molecule has 0 aliphatic heterocycles. The predicted octanol–water partition coefficient (Wildman–Crippen LogP) is 2.87. The summed E-state index contributed by atoms with van der Waals surface area (Å²) in [5.74, 6) is 0. The van der Waals surface area contributed by atoms with Gasteiger partial charge in [-0.05, 0) is 0 Å². The van der Waals surface area contributed by atoms with E-state index in [4.69, 9.17) is 0 Å². The minimum Gasteiger partial charge on any atom is -0.174 e. The minimum atomic E-state index is -3.67. The summed E-state index contributed by atoms with van der Waals surface area (Å²) in [5, 5.41) is 0. The van der Waals surface area contributed by atoms with Crippen LogP contribution >= 0.6 is 0 Å². The lowest BCUT2D eigenvalue weighted by molar-refractivity contribution is 0.00819. The van der Waals surface area contributed by atoms with E-state index in [-0.39, 0.29) is 0 Å². The van der Waals surface area contributed by atoms with Crippen LogP contribution in [0.3, 0.4) is 0 Å². The highest BCUT2D eigenvalue weighted by Crippen LogP contribution is 1.87. The summed E-state index contributed by atoms with van der Waals surface area (Å²) in [4.78, 5) is 0. The first-order chi connectivity index (χ1) is 4.73. The molecule has 1 aromatic carbocycles. The van der Waals surface area contributed by atoms with Crippen LogP contribution < -0.4 is 0 Å². The Balaban J connectivity index is 0.000000180. The summed E-state index contributed by atoms with van der Waals surface area (Å²) in [6.07, 6.45) is 0. The number of alkyl halides is 3. The Kier molecular flexibility index (Phi) is 5.53. The zero-order valence-electron chi connectivity index (χ0n) is 5.18. The van der Waals surface area contributed by atoms with Gasteiger partial charge in [-0.3, -0.25) is 0 Å². The molecule has 0 saturated heterocycles. The Morgan fingerprint density at radius 2 is 0.700 bits per heavy atom. The van der Waals surface area contributed by atoms with E-state index >= 15 is 0 Å². The zero-order valence-corrected chi connectivity index (χ0v) is 5.18. The Morgan fingerprint density at radius 3 is 0.800 bits per heavy atom. The second kappa shape index (κ2) is 6.13. The molecule has 56 valence electrons. The molecule has 0 unspecified atom stereocenters. The summed E-state index contributed by atoms with van der Waals surface area (Å²) in [6, 6.07) is 12.0. The molecule has 0 fully saturated rings. The van der Waals surface area contributed by atoms with Crippen LogP contribution in [-0.4, -0.2) is 6.68 Å². The van der Waals surface area contributed by atoms with Crippen molar-refractivity contribution in [2.75, 3.05) is 0 Å². The van der Waals surface area contributed by atoms with Crippen molar-refractivity contribution in [2.24, 2.45) is 0 Å². The predicted molar refractivity (Wildman–Crippen MR) is 33.6 cm³/mol. The third kappa shape index (κ3) is 10.1. The van der Waals surface area contributed by atoms with Gasteiger partial charge >= 0.3 is 6.68 Å². The largest absolute Gasteiger partial charge is 0.379 e. The summed E-state index contributed by atoms with van der Waals surface area (Å²) in [5.41, 5.74) is 0. The van der Waals surface area contributed by atoms with Crippen molar-refractivity contribution in [1.29, 1.82) is 0 Å². The molecule has 3 heteroatoms. The van der Waals surface area contributed by atoms with Crippen molar-refractivity contribution in [3.63, 3.8) is 0 Å². The Bertz CT molecular complexity index is 109. The van der Waals surface area contributed by atoms with Crippen molar-refractivity contribution in [2.45, 2.75) is 6.68 Å². The first-order valence-electron chi connectivity index (χ1n) is 2.65. The van der Waals surface area contributed by atoms with E-state index in [1.54, 1.807) is 0 Å². The van der Waals surface area contributed by atoms with Gasteiger partial charge in [0.2, 0.25) is 0 Å². The molecule has 0 aliphatic carbocycles. The summed E-state index contributed by atoms with van der Waals surface area (Å²) < 4.78 is 29.0. The molecule has 0 radical (unpaired) electrons. The number of benzene rings is 1. The average molecular weight is 148 g/mol. The van der Waals surface area contributed by atoms with E-state index in [1.165, 1.54) is 0 Å². The third-order valence-corrected chi connectivity index (χ3v) is 0.667. The average Bonchev–Trinajstić information content (AvgIpc) is 1.90. The van der Waals surface area contributed by atoms with Gasteiger partial charge in [0.1, 0.15) is 0 Å². The van der Waals surface area contributed by atoms with E-state index in [0.717, 1.165) is 0 Å². The van der Waals surface area contributed by atoms with Gasteiger partial charge in [0, 0.05) is 0 Å². The van der Waals surface area contributed by atoms with Gasteiger partial charge in [0.05, 0.1) is 0 Å². The standard InChI is InChI=1S/C6H6.CHF3/c1-2-4-6-5-3-1;2-1(3)4/h1-6H;1H. The Labute approximate surface area is 57.3 Å². The van der Waals surface area contributed by atoms with Gasteiger partial charge in [0.25, 0.3) is 0 Å². The number of halogens is 3. The van der Waals surface area contributed by atoms with Crippen LogP contribution in [0.25, 0.3) is 0 Å². The maximum absolute atomic E-state index is 9.67. The van der Waals surface area contributed by atoms with Crippen LogP contribution in [-0.2, 0) is 0 Å². The lowest BCUT2D eigenvalue weighted by Gasteiger charge is -1.69. The lowest BCUT2D eigenvalue weighted by atomic mass is 10.4. The fourth-order valence-corrected chi connectivity index (χ4v) is 0.385. The molecule has 0 saturated carbocycles. The summed E-state index contributed by atoms with van der Waals surface area (Å²) in [6.45, 7) is -3.67. The lowest BCUT2D eigenvalue weighted by Crippen LogP contribution is -1.65. The Hall–Kier alpha value is -0.990. The van der Waals surface area contributed by atoms with Gasteiger partial charge in [-0.15, -0.1) is 0 Å². The quantitative estimate of drug-likeness (QED) is 0.530. The number of rotatable bonds is 0. The van der Waals surface area contributed by atoms with Crippen molar-refractivity contribution in [3.05, 3.63) is 36.4 Å². The molecule has 0 aliphatic rings. The summed E-state index contributed by atoms with van der Waals surface area (Å²) in [7, 11) is 0. The molecule has 0 nitrogen and oxygen atoms in total. The molecule has 0 heterocycles. The fourth-order valence-electron chi connectivity index (χ4n) is 0.385. The van der Waals surface area contributed by atoms with Crippen LogP contribution in [0.2, 0.25) is 0 Å². The molecule has 1 aromatic rings. The molecule has 0 amide bonds. The Morgan fingerprint density at radius 1 is 0.600 bits per heavy atom. The highest BCUT2D eigenvalue weighted by atomic mass is 19.4. The second-order valence-electron chi connectivity index (χ2n) is 1.40. The van der Waals surface area contributed by atoms with Crippen molar-refractivity contribution >= 4 is 0 Å². The van der Waals surface area contributed by atoms with Gasteiger partial charge in [-0.2, -0.15) is 13.2 Å². The van der Waals surface area contributed by atoms with Crippen LogP contribution in [0.5, 0.6) is 0 Å². The number of hydrogen-bond donors (Lipinski definition) is 0. The van der Waals surface area contributed by atoms with Crippen molar-refractivity contribution in [3.8, 4) is 0 Å². The molecule has 0 spiro atoms. The van der Waals surface area contributed by atoms with E-state index in [2.05, 4.69) is 0 Å². The number of hydrogen-bond acceptors (Lipinski definition) is 0. The van der Waals surface area contributed by atoms with Gasteiger partial charge < -0.3 is 0 Å². The van der Waals surface area contributed by atoms with Crippen molar-refractivity contribution < 1.29 is 13.2 Å². The molecular formula is C7H7F3. The monoisotopic (exact) mass is 148 g/mol. The smallest absolute Gasteiger partial charge is 0.174 e. The maximum atomic E-state index is 9.67. The van der Waals surface area contributed by atoms with Gasteiger partial charge in [0.15, 0.2) is 0 Å². The topological polar surface area (TPSA) is 0 Å². The molecular weight excluding hydrogens is 141 g/mol. The molecule has 0 aromatic heterocycles. The molecule has 10 heavy (non-hydrogen) atoms. The summed E-state index contributed by atoms with van der Waals surface area (Å²) >= 11 is 0.